The summed E-state index contributed by atoms with van der Waals surface area (Å²) in [5, 5.41) is 0. The first-order chi connectivity index (χ1) is 5.20. The number of hydrogen-bond acceptors (Lipinski definition) is 2. The maximum absolute atomic E-state index is 10.5. The van der Waals surface area contributed by atoms with Gasteiger partial charge >= 0.3 is 5.97 Å². The zero-order chi connectivity index (χ0) is 8.69. The zero-order valence-electron chi connectivity index (χ0n) is 6.48. The molecular weight excluding hydrogens is 187 g/mol. The van der Waals surface area contributed by atoms with Crippen molar-refractivity contribution in [3.63, 3.8) is 0 Å². The summed E-state index contributed by atoms with van der Waals surface area (Å²) < 4.78 is 4.70. The number of rotatable bonds is 5. The number of unbranched alkanes of at least 4 members (excludes halogenated alkanes) is 1. The first-order valence-electron chi connectivity index (χ1n) is 3.60. The summed E-state index contributed by atoms with van der Waals surface area (Å²) >= 11 is 10.8. The van der Waals surface area contributed by atoms with E-state index in [0.29, 0.717) is 6.42 Å². The molecule has 0 fully saturated rings. The number of esters is 1. The van der Waals surface area contributed by atoms with Crippen molar-refractivity contribution in [3.8, 4) is 0 Å². The van der Waals surface area contributed by atoms with E-state index in [1.165, 1.54) is 0 Å². The molecule has 0 bridgehead atoms. The van der Waals surface area contributed by atoms with Gasteiger partial charge < -0.3 is 4.74 Å². The Kier molecular flexibility index (Phi) is 6.77. The van der Waals surface area contributed by atoms with E-state index in [2.05, 4.69) is 0 Å². The molecule has 0 saturated heterocycles. The normalized spacial score (nSPS) is 12.6. The van der Waals surface area contributed by atoms with Crippen LogP contribution in [0.15, 0.2) is 0 Å². The third-order valence-electron chi connectivity index (χ3n) is 1.15. The Hall–Kier alpha value is 0.0500. The summed E-state index contributed by atoms with van der Waals surface area (Å²) in [7, 11) is 0. The number of halogens is 2. The minimum Gasteiger partial charge on any atom is -0.445 e. The molecule has 0 rings (SSSR count). The lowest BCUT2D eigenvalue weighted by Gasteiger charge is -2.08. The van der Waals surface area contributed by atoms with Crippen molar-refractivity contribution < 1.29 is 9.53 Å². The van der Waals surface area contributed by atoms with Crippen molar-refractivity contribution in [3.05, 3.63) is 0 Å². The summed E-state index contributed by atoms with van der Waals surface area (Å²) in [6, 6.07) is 0. The van der Waals surface area contributed by atoms with Crippen LogP contribution in [0.25, 0.3) is 0 Å². The van der Waals surface area contributed by atoms with E-state index in [4.69, 9.17) is 27.9 Å². The first kappa shape index (κ1) is 11.1. The molecule has 0 aromatic rings. The highest BCUT2D eigenvalue weighted by Crippen LogP contribution is 2.09. The Balaban J connectivity index is 3.35. The van der Waals surface area contributed by atoms with Gasteiger partial charge in [0.2, 0.25) is 0 Å². The number of alkyl halides is 2. The lowest BCUT2D eigenvalue weighted by atomic mass is 10.3. The Morgan fingerprint density at radius 1 is 1.64 bits per heavy atom. The van der Waals surface area contributed by atoms with Gasteiger partial charge in [0.25, 0.3) is 0 Å². The number of ether oxygens (including phenoxy) is 1. The second-order valence-electron chi connectivity index (χ2n) is 2.18. The molecule has 0 aromatic heterocycles. The predicted molar refractivity (Wildman–Crippen MR) is 46.0 cm³/mol. The summed E-state index contributed by atoms with van der Waals surface area (Å²) in [5.41, 5.74) is -0.513. The zero-order valence-corrected chi connectivity index (χ0v) is 7.99. The SMILES string of the molecule is CCCCC(Cl)OC(=O)CCl. The Morgan fingerprint density at radius 2 is 2.27 bits per heavy atom. The van der Waals surface area contributed by atoms with Crippen molar-refractivity contribution in [2.45, 2.75) is 31.7 Å². The van der Waals surface area contributed by atoms with Crippen molar-refractivity contribution in [2.24, 2.45) is 0 Å². The molecule has 66 valence electrons. The lowest BCUT2D eigenvalue weighted by Crippen LogP contribution is -2.13. The smallest absolute Gasteiger partial charge is 0.322 e. The highest BCUT2D eigenvalue weighted by atomic mass is 35.5. The van der Waals surface area contributed by atoms with E-state index in [1.54, 1.807) is 0 Å². The standard InChI is InChI=1S/C7H12Cl2O2/c1-2-3-4-6(9)11-7(10)5-8/h6H,2-5H2,1H3. The molecular formula is C7H12Cl2O2. The van der Waals surface area contributed by atoms with Crippen molar-refractivity contribution in [2.75, 3.05) is 5.88 Å². The van der Waals surface area contributed by atoms with E-state index in [-0.39, 0.29) is 5.88 Å². The molecule has 0 N–H and O–H groups in total. The summed E-state index contributed by atoms with van der Waals surface area (Å²) in [6.45, 7) is 2.05. The summed E-state index contributed by atoms with van der Waals surface area (Å²) in [6.07, 6.45) is 2.70. The largest absolute Gasteiger partial charge is 0.445 e. The lowest BCUT2D eigenvalue weighted by molar-refractivity contribution is -0.142. The quantitative estimate of drug-likeness (QED) is 0.502. The number of carbonyl (C=O) groups excluding carboxylic acids is 1. The van der Waals surface area contributed by atoms with Crippen LogP contribution in [0.4, 0.5) is 0 Å². The monoisotopic (exact) mass is 198 g/mol. The van der Waals surface area contributed by atoms with Crippen LogP contribution in [0.1, 0.15) is 26.2 Å². The maximum Gasteiger partial charge on any atom is 0.322 e. The van der Waals surface area contributed by atoms with Crippen molar-refractivity contribution >= 4 is 29.2 Å². The van der Waals surface area contributed by atoms with Gasteiger partial charge in [0, 0.05) is 0 Å². The van der Waals surface area contributed by atoms with Gasteiger partial charge in [0.15, 0.2) is 5.56 Å². The van der Waals surface area contributed by atoms with Crippen LogP contribution in [0.5, 0.6) is 0 Å². The van der Waals surface area contributed by atoms with Crippen LogP contribution in [-0.2, 0) is 9.53 Å². The molecule has 0 aliphatic carbocycles. The number of hydrogen-bond donors (Lipinski definition) is 0. The molecule has 1 unspecified atom stereocenters. The van der Waals surface area contributed by atoms with Gasteiger partial charge in [-0.25, -0.2) is 0 Å². The molecule has 11 heavy (non-hydrogen) atoms. The summed E-state index contributed by atoms with van der Waals surface area (Å²) in [5.74, 6) is -0.585. The summed E-state index contributed by atoms with van der Waals surface area (Å²) in [4.78, 5) is 10.5. The third kappa shape index (κ3) is 6.45. The van der Waals surface area contributed by atoms with Crippen LogP contribution in [0.2, 0.25) is 0 Å². The fourth-order valence-electron chi connectivity index (χ4n) is 0.598. The predicted octanol–water partition coefficient (Wildman–Crippen LogP) is 2.52. The second-order valence-corrected chi connectivity index (χ2v) is 2.93. The average Bonchev–Trinajstić information content (AvgIpc) is 2.00. The molecule has 0 saturated carbocycles. The highest BCUT2D eigenvalue weighted by Gasteiger charge is 2.08. The van der Waals surface area contributed by atoms with Gasteiger partial charge in [-0.3, -0.25) is 4.79 Å². The molecule has 0 aliphatic heterocycles. The molecule has 2 nitrogen and oxygen atoms in total. The van der Waals surface area contributed by atoms with Crippen LogP contribution in [0.3, 0.4) is 0 Å². The fraction of sp³-hybridized carbons (Fsp3) is 0.857. The third-order valence-corrected chi connectivity index (χ3v) is 1.68. The first-order valence-corrected chi connectivity index (χ1v) is 4.57. The Labute approximate surface area is 76.8 Å². The molecule has 0 heterocycles. The molecule has 0 radical (unpaired) electrons. The van der Waals surface area contributed by atoms with Crippen molar-refractivity contribution in [1.29, 1.82) is 0 Å². The molecule has 1 atom stereocenters. The van der Waals surface area contributed by atoms with E-state index in [9.17, 15) is 4.79 Å². The maximum atomic E-state index is 10.5. The van der Waals surface area contributed by atoms with Crippen LogP contribution in [-0.4, -0.2) is 17.4 Å². The number of carbonyl (C=O) groups is 1. The molecule has 0 spiro atoms. The van der Waals surface area contributed by atoms with E-state index < -0.39 is 11.5 Å². The van der Waals surface area contributed by atoms with E-state index in [0.717, 1.165) is 12.8 Å². The minimum atomic E-state index is -0.513. The molecule has 0 aliphatic rings. The Morgan fingerprint density at radius 3 is 2.73 bits per heavy atom. The highest BCUT2D eigenvalue weighted by molar-refractivity contribution is 6.27. The molecule has 0 amide bonds. The average molecular weight is 199 g/mol. The second kappa shape index (κ2) is 6.74. The Bertz CT molecular complexity index is 117. The van der Waals surface area contributed by atoms with Gasteiger partial charge in [-0.1, -0.05) is 24.9 Å². The van der Waals surface area contributed by atoms with Gasteiger partial charge in [0.1, 0.15) is 5.88 Å². The van der Waals surface area contributed by atoms with Crippen LogP contribution < -0.4 is 0 Å². The van der Waals surface area contributed by atoms with Crippen LogP contribution >= 0.6 is 23.2 Å². The van der Waals surface area contributed by atoms with Gasteiger partial charge in [0.05, 0.1) is 0 Å². The van der Waals surface area contributed by atoms with Crippen molar-refractivity contribution in [1.82, 2.24) is 0 Å². The van der Waals surface area contributed by atoms with E-state index in [1.807, 2.05) is 6.92 Å². The van der Waals surface area contributed by atoms with E-state index >= 15 is 0 Å². The van der Waals surface area contributed by atoms with Gasteiger partial charge in [-0.05, 0) is 12.8 Å². The fourth-order valence-corrected chi connectivity index (χ4v) is 0.914. The topological polar surface area (TPSA) is 26.3 Å². The molecule has 0 aromatic carbocycles. The molecule has 4 heteroatoms. The van der Waals surface area contributed by atoms with Crippen LogP contribution in [0, 0.1) is 0 Å². The van der Waals surface area contributed by atoms with Gasteiger partial charge in [-0.2, -0.15) is 0 Å². The minimum absolute atomic E-state index is 0.130. The van der Waals surface area contributed by atoms with Gasteiger partial charge in [-0.15, -0.1) is 11.6 Å².